The van der Waals surface area contributed by atoms with Gasteiger partial charge in [-0.3, -0.25) is 4.79 Å². The zero-order valence-electron chi connectivity index (χ0n) is 18.0. The lowest BCUT2D eigenvalue weighted by atomic mass is 9.99. The van der Waals surface area contributed by atoms with E-state index in [1.54, 1.807) is 0 Å². The Labute approximate surface area is 182 Å². The number of fused-ring (bicyclic) bond motifs is 1. The Morgan fingerprint density at radius 3 is 2.90 bits per heavy atom. The summed E-state index contributed by atoms with van der Waals surface area (Å²) in [5.41, 5.74) is 2.33. The summed E-state index contributed by atoms with van der Waals surface area (Å²) in [7, 11) is 0. The summed E-state index contributed by atoms with van der Waals surface area (Å²) in [5, 5.41) is 13.2. The third-order valence-corrected chi connectivity index (χ3v) is 5.89. The van der Waals surface area contributed by atoms with Gasteiger partial charge < -0.3 is 24.5 Å². The van der Waals surface area contributed by atoms with E-state index in [4.69, 9.17) is 9.15 Å². The molecule has 6 heteroatoms. The van der Waals surface area contributed by atoms with Crippen molar-refractivity contribution in [2.75, 3.05) is 32.8 Å². The molecule has 1 amide bonds. The van der Waals surface area contributed by atoms with Crippen LogP contribution in [0.1, 0.15) is 34.5 Å². The number of piperidine rings is 1. The number of aliphatic hydroxyl groups is 1. The number of ether oxygens (including phenoxy) is 1. The van der Waals surface area contributed by atoms with Gasteiger partial charge in [-0.25, -0.2) is 0 Å². The minimum Gasteiger partial charge on any atom is -0.489 e. The molecule has 0 radical (unpaired) electrons. The van der Waals surface area contributed by atoms with Crippen LogP contribution in [0.15, 0.2) is 52.9 Å². The molecule has 1 aliphatic heterocycles. The number of nitrogens with zero attached hydrogens (tertiary/aromatic N) is 1. The van der Waals surface area contributed by atoms with Crippen molar-refractivity contribution in [3.05, 3.63) is 65.4 Å². The zero-order chi connectivity index (χ0) is 21.6. The highest BCUT2D eigenvalue weighted by molar-refractivity contribution is 6.07. The van der Waals surface area contributed by atoms with E-state index in [1.165, 1.54) is 0 Å². The maximum absolute atomic E-state index is 12.9. The van der Waals surface area contributed by atoms with Crippen molar-refractivity contribution in [3.63, 3.8) is 0 Å². The van der Waals surface area contributed by atoms with E-state index >= 15 is 0 Å². The first-order valence-electron chi connectivity index (χ1n) is 11.0. The number of aryl methyl sites for hydroxylation is 1. The highest BCUT2D eigenvalue weighted by Gasteiger charge is 2.21. The molecule has 2 N–H and O–H groups in total. The summed E-state index contributed by atoms with van der Waals surface area (Å²) in [4.78, 5) is 15.2. The van der Waals surface area contributed by atoms with Crippen molar-refractivity contribution >= 4 is 16.9 Å². The Balaban J connectivity index is 1.40. The molecule has 0 bridgehead atoms. The fraction of sp³-hybridized carbons (Fsp3) is 0.400. The Morgan fingerprint density at radius 2 is 2.10 bits per heavy atom. The van der Waals surface area contributed by atoms with Crippen molar-refractivity contribution in [2.45, 2.75) is 26.4 Å². The highest BCUT2D eigenvalue weighted by Crippen LogP contribution is 2.29. The van der Waals surface area contributed by atoms with Gasteiger partial charge in [-0.1, -0.05) is 30.3 Å². The van der Waals surface area contributed by atoms with Crippen LogP contribution in [0.4, 0.5) is 0 Å². The van der Waals surface area contributed by atoms with Gasteiger partial charge in [0.15, 0.2) is 0 Å². The Morgan fingerprint density at radius 1 is 1.26 bits per heavy atom. The second kappa shape index (κ2) is 9.98. The van der Waals surface area contributed by atoms with Crippen molar-refractivity contribution in [1.82, 2.24) is 10.2 Å². The summed E-state index contributed by atoms with van der Waals surface area (Å²) < 4.78 is 11.7. The number of aliphatic hydroxyl groups excluding tert-OH is 1. The Bertz CT molecular complexity index is 1020. The molecule has 1 aromatic heterocycles. The Kier molecular flexibility index (Phi) is 6.89. The maximum Gasteiger partial charge on any atom is 0.255 e. The van der Waals surface area contributed by atoms with Crippen LogP contribution in [0.5, 0.6) is 5.75 Å². The van der Waals surface area contributed by atoms with Gasteiger partial charge in [-0.2, -0.15) is 0 Å². The number of amides is 1. The molecule has 1 saturated heterocycles. The number of benzene rings is 2. The topological polar surface area (TPSA) is 74.9 Å². The van der Waals surface area contributed by atoms with Crippen LogP contribution in [0, 0.1) is 12.8 Å². The molecule has 0 saturated carbocycles. The van der Waals surface area contributed by atoms with Crippen LogP contribution in [-0.2, 0) is 6.61 Å². The number of hydrogen-bond donors (Lipinski definition) is 2. The van der Waals surface area contributed by atoms with E-state index in [2.05, 4.69) is 10.2 Å². The third-order valence-electron chi connectivity index (χ3n) is 5.89. The smallest absolute Gasteiger partial charge is 0.255 e. The molecule has 1 atom stereocenters. The second-order valence-electron chi connectivity index (χ2n) is 8.21. The van der Waals surface area contributed by atoms with Crippen LogP contribution < -0.4 is 10.1 Å². The number of nitrogens with one attached hydrogen (secondary N) is 1. The van der Waals surface area contributed by atoms with E-state index in [0.717, 1.165) is 43.4 Å². The number of furan rings is 1. The standard InChI is InChI=1S/C25H30N2O4/c1-18-24(25(29)26-11-13-27-12-5-8-20(15-27)16-28)22-14-21(9-10-23(22)31-18)30-17-19-6-3-2-4-7-19/h2-4,6-7,9-10,14,20,28H,5,8,11-13,15-17H2,1H3,(H,26,29). The number of rotatable bonds is 8. The molecule has 164 valence electrons. The number of carbonyl (C=O) groups is 1. The number of hydrogen-bond acceptors (Lipinski definition) is 5. The molecular formula is C25H30N2O4. The first-order valence-corrected chi connectivity index (χ1v) is 11.0. The molecule has 2 heterocycles. The fourth-order valence-corrected chi connectivity index (χ4v) is 4.23. The van der Waals surface area contributed by atoms with Crippen molar-refractivity contribution in [3.8, 4) is 5.75 Å². The summed E-state index contributed by atoms with van der Waals surface area (Å²) >= 11 is 0. The lowest BCUT2D eigenvalue weighted by Gasteiger charge is -2.31. The molecule has 1 fully saturated rings. The van der Waals surface area contributed by atoms with Gasteiger partial charge in [-0.05, 0) is 56.0 Å². The van der Waals surface area contributed by atoms with E-state index < -0.39 is 0 Å². The normalized spacial score (nSPS) is 17.0. The first kappa shape index (κ1) is 21.4. The minimum absolute atomic E-state index is 0.132. The summed E-state index contributed by atoms with van der Waals surface area (Å²) in [6.45, 7) is 5.77. The molecule has 3 aromatic rings. The highest BCUT2D eigenvalue weighted by atomic mass is 16.5. The zero-order valence-corrected chi connectivity index (χ0v) is 18.0. The maximum atomic E-state index is 12.9. The molecule has 0 spiro atoms. The molecule has 4 rings (SSSR count). The quantitative estimate of drug-likeness (QED) is 0.578. The van der Waals surface area contributed by atoms with E-state index in [9.17, 15) is 9.90 Å². The van der Waals surface area contributed by atoms with Gasteiger partial charge in [0.2, 0.25) is 0 Å². The van der Waals surface area contributed by atoms with Gasteiger partial charge >= 0.3 is 0 Å². The third kappa shape index (κ3) is 5.27. The fourth-order valence-electron chi connectivity index (χ4n) is 4.23. The van der Waals surface area contributed by atoms with Gasteiger partial charge in [0.1, 0.15) is 23.7 Å². The van der Waals surface area contributed by atoms with Gasteiger partial charge in [0, 0.05) is 31.6 Å². The average Bonchev–Trinajstić information content (AvgIpc) is 3.13. The molecule has 0 aliphatic carbocycles. The SMILES string of the molecule is Cc1oc2ccc(OCc3ccccc3)cc2c1C(=O)NCCN1CCCC(CO)C1. The molecule has 1 unspecified atom stereocenters. The van der Waals surface area contributed by atoms with Crippen LogP contribution in [0.2, 0.25) is 0 Å². The largest absolute Gasteiger partial charge is 0.489 e. The van der Waals surface area contributed by atoms with Crippen molar-refractivity contribution in [2.24, 2.45) is 5.92 Å². The van der Waals surface area contributed by atoms with Crippen LogP contribution in [0.25, 0.3) is 11.0 Å². The summed E-state index contributed by atoms with van der Waals surface area (Å²) in [6.07, 6.45) is 2.17. The van der Waals surface area contributed by atoms with E-state index in [0.29, 0.717) is 41.7 Å². The van der Waals surface area contributed by atoms with E-state index in [1.807, 2.05) is 55.5 Å². The summed E-state index contributed by atoms with van der Waals surface area (Å²) in [5.74, 6) is 1.52. The van der Waals surface area contributed by atoms with Gasteiger partial charge in [0.05, 0.1) is 5.56 Å². The molecular weight excluding hydrogens is 392 g/mol. The van der Waals surface area contributed by atoms with Crippen LogP contribution >= 0.6 is 0 Å². The Hall–Kier alpha value is -2.83. The molecule has 2 aromatic carbocycles. The number of likely N-dealkylation sites (tertiary alicyclic amines) is 1. The van der Waals surface area contributed by atoms with Gasteiger partial charge in [0.25, 0.3) is 5.91 Å². The predicted octanol–water partition coefficient (Wildman–Crippen LogP) is 3.75. The predicted molar refractivity (Wildman–Crippen MR) is 120 cm³/mol. The second-order valence-corrected chi connectivity index (χ2v) is 8.21. The lowest BCUT2D eigenvalue weighted by molar-refractivity contribution is 0.0930. The van der Waals surface area contributed by atoms with Crippen molar-refractivity contribution in [1.29, 1.82) is 0 Å². The van der Waals surface area contributed by atoms with Gasteiger partial charge in [-0.15, -0.1) is 0 Å². The lowest BCUT2D eigenvalue weighted by Crippen LogP contribution is -2.41. The monoisotopic (exact) mass is 422 g/mol. The van der Waals surface area contributed by atoms with E-state index in [-0.39, 0.29) is 12.5 Å². The molecule has 6 nitrogen and oxygen atoms in total. The van der Waals surface area contributed by atoms with Crippen molar-refractivity contribution < 1.29 is 19.1 Å². The van der Waals surface area contributed by atoms with Crippen LogP contribution in [-0.4, -0.2) is 48.7 Å². The molecule has 1 aliphatic rings. The molecule has 31 heavy (non-hydrogen) atoms. The average molecular weight is 423 g/mol. The minimum atomic E-state index is -0.132. The first-order chi connectivity index (χ1) is 15.1. The summed E-state index contributed by atoms with van der Waals surface area (Å²) in [6, 6.07) is 15.6. The van der Waals surface area contributed by atoms with Crippen LogP contribution in [0.3, 0.4) is 0 Å². The number of carbonyl (C=O) groups excluding carboxylic acids is 1.